The van der Waals surface area contributed by atoms with Crippen molar-refractivity contribution >= 4 is 34.9 Å². The quantitative estimate of drug-likeness (QED) is 0.784. The van der Waals surface area contributed by atoms with Gasteiger partial charge in [-0.1, -0.05) is 36.0 Å². The molecule has 0 aliphatic heterocycles. The van der Waals surface area contributed by atoms with E-state index < -0.39 is 6.10 Å². The summed E-state index contributed by atoms with van der Waals surface area (Å²) < 4.78 is 0. The van der Waals surface area contributed by atoms with E-state index in [9.17, 15) is 9.90 Å². The fraction of sp³-hybridized carbons (Fsp3) is 0.462. The molecule has 6 heteroatoms. The molecule has 3 N–H and O–H groups in total. The third-order valence-corrected chi connectivity index (χ3v) is 3.96. The van der Waals surface area contributed by atoms with Gasteiger partial charge in [0.2, 0.25) is 0 Å². The van der Waals surface area contributed by atoms with Gasteiger partial charge in [-0.3, -0.25) is 0 Å². The van der Waals surface area contributed by atoms with Crippen LogP contribution in [0.15, 0.2) is 18.2 Å². The van der Waals surface area contributed by atoms with Gasteiger partial charge in [-0.15, -0.1) is 0 Å². The highest BCUT2D eigenvalue weighted by Crippen LogP contribution is 2.25. The molecule has 4 nitrogen and oxygen atoms in total. The van der Waals surface area contributed by atoms with Gasteiger partial charge in [-0.2, -0.15) is 0 Å². The van der Waals surface area contributed by atoms with Crippen LogP contribution in [-0.2, 0) is 0 Å². The van der Waals surface area contributed by atoms with Crippen LogP contribution in [-0.4, -0.2) is 23.3 Å². The maximum Gasteiger partial charge on any atom is 0.319 e. The lowest BCUT2D eigenvalue weighted by Gasteiger charge is -2.28. The molecule has 104 valence electrons. The highest BCUT2D eigenvalue weighted by Gasteiger charge is 2.24. The first-order chi connectivity index (χ1) is 9.06. The van der Waals surface area contributed by atoms with Crippen molar-refractivity contribution in [3.05, 3.63) is 28.2 Å². The molecule has 1 aliphatic carbocycles. The van der Waals surface area contributed by atoms with E-state index in [1.165, 1.54) is 0 Å². The molecule has 2 atom stereocenters. The Labute approximate surface area is 122 Å². The van der Waals surface area contributed by atoms with E-state index in [2.05, 4.69) is 10.6 Å². The molecule has 0 unspecified atom stereocenters. The summed E-state index contributed by atoms with van der Waals surface area (Å²) >= 11 is 11.7. The number of carbonyl (C=O) groups is 1. The predicted octanol–water partition coefficient (Wildman–Crippen LogP) is 3.42. The van der Waals surface area contributed by atoms with E-state index in [-0.39, 0.29) is 12.1 Å². The van der Waals surface area contributed by atoms with Crippen LogP contribution in [0.3, 0.4) is 0 Å². The van der Waals surface area contributed by atoms with Crippen LogP contribution in [0, 0.1) is 0 Å². The molecule has 19 heavy (non-hydrogen) atoms. The Morgan fingerprint density at radius 3 is 2.63 bits per heavy atom. The number of hydrogen-bond donors (Lipinski definition) is 3. The van der Waals surface area contributed by atoms with E-state index in [1.54, 1.807) is 18.2 Å². The minimum atomic E-state index is -0.465. The van der Waals surface area contributed by atoms with Gasteiger partial charge in [0, 0.05) is 5.69 Å². The highest BCUT2D eigenvalue weighted by molar-refractivity contribution is 6.42. The number of nitrogens with one attached hydrogen (secondary N) is 2. The number of halogens is 2. The van der Waals surface area contributed by atoms with Gasteiger partial charge in [0.1, 0.15) is 0 Å². The van der Waals surface area contributed by atoms with Crippen molar-refractivity contribution in [1.29, 1.82) is 0 Å². The van der Waals surface area contributed by atoms with Crippen molar-refractivity contribution < 1.29 is 9.90 Å². The standard InChI is InChI=1S/C13H16Cl2N2O2/c14-9-6-5-8(7-10(9)15)16-13(19)17-11-3-1-2-4-12(11)18/h5-7,11-12,18H,1-4H2,(H2,16,17,19)/t11-,12+/m1/s1. The molecule has 0 heterocycles. The normalized spacial score (nSPS) is 22.9. The first kappa shape index (κ1) is 14.4. The van der Waals surface area contributed by atoms with Crippen LogP contribution in [0.4, 0.5) is 10.5 Å². The monoisotopic (exact) mass is 302 g/mol. The Hall–Kier alpha value is -0.970. The lowest BCUT2D eigenvalue weighted by atomic mass is 9.93. The summed E-state index contributed by atoms with van der Waals surface area (Å²) in [7, 11) is 0. The number of benzene rings is 1. The third-order valence-electron chi connectivity index (χ3n) is 3.22. The lowest BCUT2D eigenvalue weighted by molar-refractivity contribution is 0.0955. The Morgan fingerprint density at radius 1 is 1.21 bits per heavy atom. The molecule has 2 amide bonds. The number of aliphatic hydroxyl groups is 1. The number of amides is 2. The number of urea groups is 1. The SMILES string of the molecule is O=C(Nc1ccc(Cl)c(Cl)c1)N[C@@H]1CCCC[C@@H]1O. The zero-order chi connectivity index (χ0) is 13.8. The second-order valence-corrected chi connectivity index (χ2v) is 5.50. The number of hydrogen-bond acceptors (Lipinski definition) is 2. The number of carbonyl (C=O) groups excluding carboxylic acids is 1. The fourth-order valence-corrected chi connectivity index (χ4v) is 2.49. The number of rotatable bonds is 2. The minimum Gasteiger partial charge on any atom is -0.391 e. The summed E-state index contributed by atoms with van der Waals surface area (Å²) in [6.45, 7) is 0. The van der Waals surface area contributed by atoms with E-state index in [1.807, 2.05) is 0 Å². The van der Waals surface area contributed by atoms with Gasteiger partial charge >= 0.3 is 6.03 Å². The topological polar surface area (TPSA) is 61.4 Å². The molecule has 1 saturated carbocycles. The molecule has 1 aromatic rings. The molecule has 0 aromatic heterocycles. The Balaban J connectivity index is 1.91. The van der Waals surface area contributed by atoms with Gasteiger partial charge in [-0.05, 0) is 31.0 Å². The average molecular weight is 303 g/mol. The summed E-state index contributed by atoms with van der Waals surface area (Å²) in [5, 5.41) is 16.1. The van der Waals surface area contributed by atoms with Crippen LogP contribution >= 0.6 is 23.2 Å². The van der Waals surface area contributed by atoms with E-state index >= 15 is 0 Å². The summed E-state index contributed by atoms with van der Waals surface area (Å²) in [5.41, 5.74) is 0.567. The predicted molar refractivity (Wildman–Crippen MR) is 76.9 cm³/mol. The van der Waals surface area contributed by atoms with Gasteiger partial charge in [0.15, 0.2) is 0 Å². The summed E-state index contributed by atoms with van der Waals surface area (Å²) in [6.07, 6.45) is 3.10. The second kappa shape index (κ2) is 6.46. The largest absolute Gasteiger partial charge is 0.391 e. The fourth-order valence-electron chi connectivity index (χ4n) is 2.19. The first-order valence-electron chi connectivity index (χ1n) is 6.27. The average Bonchev–Trinajstić information content (AvgIpc) is 2.37. The van der Waals surface area contributed by atoms with Crippen LogP contribution < -0.4 is 10.6 Å². The Kier molecular flexibility index (Phi) is 4.91. The van der Waals surface area contributed by atoms with Crippen LogP contribution in [0.1, 0.15) is 25.7 Å². The molecule has 2 rings (SSSR count). The van der Waals surface area contributed by atoms with Crippen molar-refractivity contribution in [2.24, 2.45) is 0 Å². The van der Waals surface area contributed by atoms with Crippen molar-refractivity contribution in [3.63, 3.8) is 0 Å². The summed E-state index contributed by atoms with van der Waals surface area (Å²) in [6, 6.07) is 4.35. The maximum atomic E-state index is 11.8. The summed E-state index contributed by atoms with van der Waals surface area (Å²) in [4.78, 5) is 11.8. The number of anilines is 1. The van der Waals surface area contributed by atoms with Crippen LogP contribution in [0.25, 0.3) is 0 Å². The van der Waals surface area contributed by atoms with Crippen molar-refractivity contribution in [3.8, 4) is 0 Å². The van der Waals surface area contributed by atoms with Gasteiger partial charge in [0.25, 0.3) is 0 Å². The molecule has 1 aliphatic rings. The van der Waals surface area contributed by atoms with Gasteiger partial charge < -0.3 is 15.7 Å². The zero-order valence-electron chi connectivity index (χ0n) is 10.3. The van der Waals surface area contributed by atoms with E-state index in [0.29, 0.717) is 15.7 Å². The highest BCUT2D eigenvalue weighted by atomic mass is 35.5. The molecule has 0 radical (unpaired) electrons. The molecule has 1 fully saturated rings. The Morgan fingerprint density at radius 2 is 1.95 bits per heavy atom. The molecular formula is C13H16Cl2N2O2. The van der Waals surface area contributed by atoms with Crippen LogP contribution in [0.2, 0.25) is 10.0 Å². The zero-order valence-corrected chi connectivity index (χ0v) is 11.8. The maximum absolute atomic E-state index is 11.8. The first-order valence-corrected chi connectivity index (χ1v) is 7.02. The molecule has 1 aromatic carbocycles. The Bertz CT molecular complexity index is 468. The molecular weight excluding hydrogens is 287 g/mol. The third kappa shape index (κ3) is 4.00. The van der Waals surface area contributed by atoms with Gasteiger partial charge in [-0.25, -0.2) is 4.79 Å². The molecule has 0 bridgehead atoms. The second-order valence-electron chi connectivity index (χ2n) is 4.69. The van der Waals surface area contributed by atoms with E-state index in [4.69, 9.17) is 23.2 Å². The lowest BCUT2D eigenvalue weighted by Crippen LogP contribution is -2.46. The minimum absolute atomic E-state index is 0.184. The van der Waals surface area contributed by atoms with Crippen molar-refractivity contribution in [2.75, 3.05) is 5.32 Å². The van der Waals surface area contributed by atoms with Gasteiger partial charge in [0.05, 0.1) is 22.2 Å². The van der Waals surface area contributed by atoms with Crippen molar-refractivity contribution in [2.45, 2.75) is 37.8 Å². The summed E-state index contributed by atoms with van der Waals surface area (Å²) in [5.74, 6) is 0. The number of aliphatic hydroxyl groups excluding tert-OH is 1. The van der Waals surface area contributed by atoms with E-state index in [0.717, 1.165) is 25.7 Å². The van der Waals surface area contributed by atoms with Crippen LogP contribution in [0.5, 0.6) is 0 Å². The smallest absolute Gasteiger partial charge is 0.319 e. The molecule has 0 spiro atoms. The molecule has 0 saturated heterocycles. The van der Waals surface area contributed by atoms with Crippen molar-refractivity contribution in [1.82, 2.24) is 5.32 Å².